The summed E-state index contributed by atoms with van der Waals surface area (Å²) in [5.41, 5.74) is 2.32. The minimum Gasteiger partial charge on any atom is -0.462 e. The SMILES string of the molecule is CCOC(=O)c1ccc(N(Cc2ccc(Cl)cc2Cl)C(=S)NC(=O)c2ccc3ccccc3c2)cc1. The lowest BCUT2D eigenvalue weighted by Gasteiger charge is -2.26. The maximum atomic E-state index is 13.1. The Labute approximate surface area is 224 Å². The number of benzene rings is 4. The molecule has 5 nitrogen and oxygen atoms in total. The van der Waals surface area contributed by atoms with E-state index in [1.165, 1.54) is 0 Å². The Balaban J connectivity index is 1.61. The van der Waals surface area contributed by atoms with E-state index in [1.807, 2.05) is 36.4 Å². The van der Waals surface area contributed by atoms with E-state index in [9.17, 15) is 9.59 Å². The van der Waals surface area contributed by atoms with Crippen molar-refractivity contribution in [3.05, 3.63) is 112 Å². The van der Waals surface area contributed by atoms with Crippen LogP contribution >= 0.6 is 35.4 Å². The van der Waals surface area contributed by atoms with Crippen molar-refractivity contribution in [2.45, 2.75) is 13.5 Å². The molecule has 0 aromatic heterocycles. The van der Waals surface area contributed by atoms with Crippen molar-refractivity contribution in [1.82, 2.24) is 5.32 Å². The van der Waals surface area contributed by atoms with Gasteiger partial charge in [-0.05, 0) is 84.0 Å². The van der Waals surface area contributed by atoms with E-state index >= 15 is 0 Å². The molecule has 0 fully saturated rings. The van der Waals surface area contributed by atoms with Crippen molar-refractivity contribution in [2.75, 3.05) is 11.5 Å². The maximum absolute atomic E-state index is 13.1. The summed E-state index contributed by atoms with van der Waals surface area (Å²) < 4.78 is 5.07. The number of carbonyl (C=O) groups is 2. The fourth-order valence-electron chi connectivity index (χ4n) is 3.66. The van der Waals surface area contributed by atoms with Gasteiger partial charge in [-0.15, -0.1) is 0 Å². The molecule has 0 unspecified atom stereocenters. The average molecular weight is 537 g/mol. The van der Waals surface area contributed by atoms with Crippen LogP contribution in [0.1, 0.15) is 33.2 Å². The van der Waals surface area contributed by atoms with Crippen LogP contribution in [0.25, 0.3) is 10.8 Å². The number of halogens is 2. The lowest BCUT2D eigenvalue weighted by atomic mass is 10.1. The summed E-state index contributed by atoms with van der Waals surface area (Å²) in [5.74, 6) is -0.746. The first-order valence-electron chi connectivity index (χ1n) is 11.2. The summed E-state index contributed by atoms with van der Waals surface area (Å²) >= 11 is 18.1. The molecule has 8 heteroatoms. The topological polar surface area (TPSA) is 58.6 Å². The molecule has 4 rings (SSSR count). The van der Waals surface area contributed by atoms with Crippen molar-refractivity contribution >= 4 is 68.9 Å². The first-order valence-corrected chi connectivity index (χ1v) is 12.3. The Kier molecular flexibility index (Phi) is 8.21. The minimum atomic E-state index is -0.413. The number of carbonyl (C=O) groups excluding carboxylic acids is 2. The molecule has 0 aliphatic carbocycles. The van der Waals surface area contributed by atoms with Crippen LogP contribution in [-0.2, 0) is 11.3 Å². The molecule has 36 heavy (non-hydrogen) atoms. The highest BCUT2D eigenvalue weighted by Gasteiger charge is 2.19. The van der Waals surface area contributed by atoms with Crippen LogP contribution < -0.4 is 10.2 Å². The number of thiocarbonyl (C=S) groups is 1. The summed E-state index contributed by atoms with van der Waals surface area (Å²) in [7, 11) is 0. The van der Waals surface area contributed by atoms with Gasteiger partial charge in [-0.1, -0.05) is 59.6 Å². The molecule has 1 N–H and O–H groups in total. The van der Waals surface area contributed by atoms with Crippen molar-refractivity contribution in [1.29, 1.82) is 0 Å². The summed E-state index contributed by atoms with van der Waals surface area (Å²) in [6.07, 6.45) is 0. The molecule has 1 amide bonds. The van der Waals surface area contributed by atoms with Gasteiger partial charge in [0.25, 0.3) is 5.91 Å². The van der Waals surface area contributed by atoms with Gasteiger partial charge in [-0.25, -0.2) is 4.79 Å². The van der Waals surface area contributed by atoms with Gasteiger partial charge in [0.2, 0.25) is 0 Å². The maximum Gasteiger partial charge on any atom is 0.338 e. The van der Waals surface area contributed by atoms with Crippen LogP contribution in [0.5, 0.6) is 0 Å². The predicted molar refractivity (Wildman–Crippen MR) is 149 cm³/mol. The lowest BCUT2D eigenvalue weighted by Crippen LogP contribution is -2.42. The second-order valence-corrected chi connectivity index (χ2v) is 9.14. The van der Waals surface area contributed by atoms with Gasteiger partial charge >= 0.3 is 5.97 Å². The van der Waals surface area contributed by atoms with Crippen molar-refractivity contribution in [2.24, 2.45) is 0 Å². The zero-order valence-corrected chi connectivity index (χ0v) is 21.7. The second-order valence-electron chi connectivity index (χ2n) is 7.91. The number of fused-ring (bicyclic) bond motifs is 1. The molecule has 0 atom stereocenters. The molecule has 4 aromatic carbocycles. The highest BCUT2D eigenvalue weighted by atomic mass is 35.5. The summed E-state index contributed by atoms with van der Waals surface area (Å²) in [6, 6.07) is 25.3. The largest absolute Gasteiger partial charge is 0.462 e. The molecule has 0 saturated carbocycles. The number of nitrogens with one attached hydrogen (secondary N) is 1. The third kappa shape index (κ3) is 6.02. The Hall–Kier alpha value is -3.45. The standard InChI is InChI=1S/C28H22Cl2N2O3S/c1-2-35-27(34)19-10-13-24(14-11-19)32(17-22-9-12-23(29)16-25(22)30)28(36)31-26(33)21-8-7-18-5-3-4-6-20(18)15-21/h3-16H,2,17H2,1H3,(H,31,33,36). The van der Waals surface area contributed by atoms with E-state index in [0.29, 0.717) is 26.9 Å². The fourth-order valence-corrected chi connectivity index (χ4v) is 4.39. The average Bonchev–Trinajstić information content (AvgIpc) is 2.88. The molecular weight excluding hydrogens is 515 g/mol. The van der Waals surface area contributed by atoms with E-state index in [0.717, 1.165) is 16.3 Å². The third-order valence-electron chi connectivity index (χ3n) is 5.51. The van der Waals surface area contributed by atoms with E-state index < -0.39 is 5.97 Å². The molecular formula is C28H22Cl2N2O3S. The highest BCUT2D eigenvalue weighted by molar-refractivity contribution is 7.80. The molecule has 0 saturated heterocycles. The third-order valence-corrected chi connectivity index (χ3v) is 6.42. The van der Waals surface area contributed by atoms with Crippen molar-refractivity contribution < 1.29 is 14.3 Å². The van der Waals surface area contributed by atoms with Crippen molar-refractivity contribution in [3.8, 4) is 0 Å². The second kappa shape index (κ2) is 11.5. The summed E-state index contributed by atoms with van der Waals surface area (Å²) in [6.45, 7) is 2.30. The van der Waals surface area contributed by atoms with Crippen LogP contribution in [0.4, 0.5) is 5.69 Å². The quantitative estimate of drug-likeness (QED) is 0.211. The minimum absolute atomic E-state index is 0.183. The fraction of sp³-hybridized carbons (Fsp3) is 0.107. The number of nitrogens with zero attached hydrogens (tertiary/aromatic N) is 1. The van der Waals surface area contributed by atoms with Gasteiger partial charge in [-0.2, -0.15) is 0 Å². The molecule has 0 aliphatic rings. The Morgan fingerprint density at radius 2 is 1.58 bits per heavy atom. The monoisotopic (exact) mass is 536 g/mol. The lowest BCUT2D eigenvalue weighted by molar-refractivity contribution is 0.0526. The zero-order valence-electron chi connectivity index (χ0n) is 19.3. The van der Waals surface area contributed by atoms with E-state index in [2.05, 4.69) is 5.32 Å². The Morgan fingerprint density at radius 3 is 2.28 bits per heavy atom. The Morgan fingerprint density at radius 1 is 0.889 bits per heavy atom. The normalized spacial score (nSPS) is 10.6. The molecule has 0 bridgehead atoms. The molecule has 0 heterocycles. The van der Waals surface area contributed by atoms with Crippen LogP contribution in [0.15, 0.2) is 84.9 Å². The number of ether oxygens (including phenoxy) is 1. The number of amides is 1. The number of rotatable bonds is 6. The number of anilines is 1. The smallest absolute Gasteiger partial charge is 0.338 e. The van der Waals surface area contributed by atoms with Gasteiger partial charge in [0.15, 0.2) is 5.11 Å². The van der Waals surface area contributed by atoms with Gasteiger partial charge in [0.05, 0.1) is 18.7 Å². The van der Waals surface area contributed by atoms with E-state index in [-0.39, 0.29) is 24.2 Å². The predicted octanol–water partition coefficient (Wildman–Crippen LogP) is 7.04. The van der Waals surface area contributed by atoms with Crippen LogP contribution in [0.3, 0.4) is 0 Å². The molecule has 0 spiro atoms. The number of esters is 1. The first-order chi connectivity index (χ1) is 17.4. The number of hydrogen-bond donors (Lipinski definition) is 1. The molecule has 0 radical (unpaired) electrons. The highest BCUT2D eigenvalue weighted by Crippen LogP contribution is 2.26. The van der Waals surface area contributed by atoms with Crippen LogP contribution in [-0.4, -0.2) is 23.6 Å². The zero-order chi connectivity index (χ0) is 25.7. The Bertz CT molecular complexity index is 1440. The molecule has 4 aromatic rings. The van der Waals surface area contributed by atoms with Gasteiger partial charge < -0.3 is 9.64 Å². The van der Waals surface area contributed by atoms with Gasteiger partial charge in [0.1, 0.15) is 0 Å². The van der Waals surface area contributed by atoms with E-state index in [1.54, 1.807) is 60.4 Å². The van der Waals surface area contributed by atoms with E-state index in [4.69, 9.17) is 40.2 Å². The number of hydrogen-bond acceptors (Lipinski definition) is 4. The van der Waals surface area contributed by atoms with Crippen LogP contribution in [0.2, 0.25) is 10.0 Å². The van der Waals surface area contributed by atoms with Gasteiger partial charge in [-0.3, -0.25) is 10.1 Å². The van der Waals surface area contributed by atoms with Gasteiger partial charge in [0, 0.05) is 21.3 Å². The molecule has 0 aliphatic heterocycles. The summed E-state index contributed by atoms with van der Waals surface area (Å²) in [5, 5.41) is 5.99. The summed E-state index contributed by atoms with van der Waals surface area (Å²) in [4.78, 5) is 26.9. The molecule has 182 valence electrons. The van der Waals surface area contributed by atoms with Crippen LogP contribution in [0, 0.1) is 0 Å². The first kappa shape index (κ1) is 25.6. The van der Waals surface area contributed by atoms with Crippen molar-refractivity contribution in [3.63, 3.8) is 0 Å².